The van der Waals surface area contributed by atoms with Gasteiger partial charge >= 0.3 is 12.0 Å². The van der Waals surface area contributed by atoms with Crippen molar-refractivity contribution in [2.75, 3.05) is 5.32 Å². The van der Waals surface area contributed by atoms with E-state index in [1.807, 2.05) is 0 Å². The fourth-order valence-electron chi connectivity index (χ4n) is 2.85. The van der Waals surface area contributed by atoms with Crippen LogP contribution in [0, 0.1) is 5.41 Å². The molecule has 21 heavy (non-hydrogen) atoms. The first-order chi connectivity index (χ1) is 9.87. The Balaban J connectivity index is 1.95. The third kappa shape index (κ3) is 4.21. The van der Waals surface area contributed by atoms with Gasteiger partial charge in [-0.2, -0.15) is 0 Å². The lowest BCUT2D eigenvalue weighted by Crippen LogP contribution is -2.43. The average molecular weight is 290 g/mol. The first-order valence-corrected chi connectivity index (χ1v) is 7.25. The van der Waals surface area contributed by atoms with E-state index in [0.29, 0.717) is 11.3 Å². The van der Waals surface area contributed by atoms with Crippen LogP contribution in [0.5, 0.6) is 0 Å². The quantitative estimate of drug-likeness (QED) is 0.797. The SMILES string of the molecule is CC1(C)CCCC1NC(=O)Nc1cccc(CC(=O)O)c1. The first-order valence-electron chi connectivity index (χ1n) is 7.25. The third-order valence-electron chi connectivity index (χ3n) is 4.10. The number of hydrogen-bond donors (Lipinski definition) is 3. The molecule has 0 bridgehead atoms. The molecule has 2 rings (SSSR count). The van der Waals surface area contributed by atoms with E-state index in [2.05, 4.69) is 24.5 Å². The summed E-state index contributed by atoms with van der Waals surface area (Å²) in [5.74, 6) is -0.885. The molecule has 1 aromatic carbocycles. The fourth-order valence-corrected chi connectivity index (χ4v) is 2.85. The standard InChI is InChI=1S/C16H22N2O3/c1-16(2)8-4-7-13(16)18-15(21)17-12-6-3-5-11(9-12)10-14(19)20/h3,5-6,9,13H,4,7-8,10H2,1-2H3,(H,19,20)(H2,17,18,21). The van der Waals surface area contributed by atoms with Gasteiger partial charge in [0.15, 0.2) is 0 Å². The molecule has 0 saturated heterocycles. The summed E-state index contributed by atoms with van der Waals surface area (Å²) in [5, 5.41) is 14.6. The summed E-state index contributed by atoms with van der Waals surface area (Å²) < 4.78 is 0. The Morgan fingerprint density at radius 2 is 2.14 bits per heavy atom. The molecule has 1 saturated carbocycles. The molecule has 2 amide bonds. The summed E-state index contributed by atoms with van der Waals surface area (Å²) in [4.78, 5) is 22.8. The number of aliphatic carboxylic acids is 1. The van der Waals surface area contributed by atoms with E-state index in [4.69, 9.17) is 5.11 Å². The summed E-state index contributed by atoms with van der Waals surface area (Å²) >= 11 is 0. The number of nitrogens with one attached hydrogen (secondary N) is 2. The highest BCUT2D eigenvalue weighted by atomic mass is 16.4. The highest BCUT2D eigenvalue weighted by molar-refractivity contribution is 5.89. The monoisotopic (exact) mass is 290 g/mol. The van der Waals surface area contributed by atoms with E-state index in [1.165, 1.54) is 0 Å². The first kappa shape index (κ1) is 15.4. The number of amides is 2. The van der Waals surface area contributed by atoms with Gasteiger partial charge in [0.25, 0.3) is 0 Å². The van der Waals surface area contributed by atoms with E-state index in [9.17, 15) is 9.59 Å². The number of anilines is 1. The Labute approximate surface area is 124 Å². The van der Waals surface area contributed by atoms with Crippen LogP contribution in [-0.2, 0) is 11.2 Å². The lowest BCUT2D eigenvalue weighted by molar-refractivity contribution is -0.136. The molecular formula is C16H22N2O3. The van der Waals surface area contributed by atoms with Gasteiger partial charge in [0.05, 0.1) is 6.42 Å². The molecule has 3 N–H and O–H groups in total. The number of urea groups is 1. The number of carboxylic acids is 1. The van der Waals surface area contributed by atoms with Crippen LogP contribution in [0.1, 0.15) is 38.7 Å². The third-order valence-corrected chi connectivity index (χ3v) is 4.10. The van der Waals surface area contributed by atoms with Crippen molar-refractivity contribution in [3.8, 4) is 0 Å². The molecule has 1 aromatic rings. The molecule has 1 aliphatic rings. The largest absolute Gasteiger partial charge is 0.481 e. The van der Waals surface area contributed by atoms with Crippen molar-refractivity contribution < 1.29 is 14.7 Å². The second kappa shape index (κ2) is 6.16. The van der Waals surface area contributed by atoms with Crippen LogP contribution in [0.2, 0.25) is 0 Å². The lowest BCUT2D eigenvalue weighted by Gasteiger charge is -2.27. The summed E-state index contributed by atoms with van der Waals surface area (Å²) in [6.45, 7) is 4.33. The molecule has 1 fully saturated rings. The van der Waals surface area contributed by atoms with Crippen LogP contribution in [-0.4, -0.2) is 23.1 Å². The van der Waals surface area contributed by atoms with Crippen LogP contribution in [0.15, 0.2) is 24.3 Å². The van der Waals surface area contributed by atoms with Gasteiger partial charge in [-0.3, -0.25) is 4.79 Å². The number of carbonyl (C=O) groups excluding carboxylic acids is 1. The maximum Gasteiger partial charge on any atom is 0.319 e. The van der Waals surface area contributed by atoms with Crippen LogP contribution >= 0.6 is 0 Å². The van der Waals surface area contributed by atoms with E-state index in [0.717, 1.165) is 19.3 Å². The van der Waals surface area contributed by atoms with Crippen molar-refractivity contribution in [2.45, 2.75) is 45.6 Å². The zero-order chi connectivity index (χ0) is 15.5. The van der Waals surface area contributed by atoms with Crippen molar-refractivity contribution in [1.29, 1.82) is 0 Å². The van der Waals surface area contributed by atoms with Crippen molar-refractivity contribution >= 4 is 17.7 Å². The van der Waals surface area contributed by atoms with Crippen LogP contribution in [0.3, 0.4) is 0 Å². The number of carboxylic acid groups (broad SMARTS) is 1. The van der Waals surface area contributed by atoms with Gasteiger partial charge in [0, 0.05) is 11.7 Å². The highest BCUT2D eigenvalue weighted by Gasteiger charge is 2.35. The van der Waals surface area contributed by atoms with Crippen LogP contribution in [0.4, 0.5) is 10.5 Å². The molecule has 114 valence electrons. The Morgan fingerprint density at radius 1 is 1.38 bits per heavy atom. The Morgan fingerprint density at radius 3 is 2.76 bits per heavy atom. The molecule has 1 atom stereocenters. The minimum Gasteiger partial charge on any atom is -0.481 e. The minimum atomic E-state index is -0.885. The Bertz CT molecular complexity index is 540. The zero-order valence-corrected chi connectivity index (χ0v) is 12.5. The normalized spacial score (nSPS) is 20.0. The second-order valence-corrected chi connectivity index (χ2v) is 6.30. The predicted octanol–water partition coefficient (Wildman–Crippen LogP) is 3.01. The maximum absolute atomic E-state index is 12.1. The molecule has 0 heterocycles. The van der Waals surface area contributed by atoms with Crippen molar-refractivity contribution in [3.05, 3.63) is 29.8 Å². The molecular weight excluding hydrogens is 268 g/mol. The molecule has 0 radical (unpaired) electrons. The summed E-state index contributed by atoms with van der Waals surface area (Å²) in [5.41, 5.74) is 1.41. The maximum atomic E-state index is 12.1. The van der Waals surface area contributed by atoms with Gasteiger partial charge in [-0.1, -0.05) is 32.4 Å². The van der Waals surface area contributed by atoms with Gasteiger partial charge < -0.3 is 15.7 Å². The highest BCUT2D eigenvalue weighted by Crippen LogP contribution is 2.37. The average Bonchev–Trinajstić information content (AvgIpc) is 2.68. The van der Waals surface area contributed by atoms with Crippen molar-refractivity contribution in [2.24, 2.45) is 5.41 Å². The van der Waals surface area contributed by atoms with Crippen molar-refractivity contribution in [3.63, 3.8) is 0 Å². The van der Waals surface area contributed by atoms with Gasteiger partial charge in [-0.15, -0.1) is 0 Å². The van der Waals surface area contributed by atoms with Crippen LogP contribution in [0.25, 0.3) is 0 Å². The molecule has 1 aliphatic carbocycles. The Kier molecular flexibility index (Phi) is 4.50. The van der Waals surface area contributed by atoms with Crippen molar-refractivity contribution in [1.82, 2.24) is 5.32 Å². The summed E-state index contributed by atoms with van der Waals surface area (Å²) in [7, 11) is 0. The van der Waals surface area contributed by atoms with Gasteiger partial charge in [-0.05, 0) is 36.0 Å². The molecule has 0 aromatic heterocycles. The van der Waals surface area contributed by atoms with E-state index in [1.54, 1.807) is 24.3 Å². The number of rotatable bonds is 4. The zero-order valence-electron chi connectivity index (χ0n) is 12.5. The number of benzene rings is 1. The topological polar surface area (TPSA) is 78.4 Å². The van der Waals surface area contributed by atoms with E-state index in [-0.39, 0.29) is 23.9 Å². The van der Waals surface area contributed by atoms with Gasteiger partial charge in [0.2, 0.25) is 0 Å². The van der Waals surface area contributed by atoms with Gasteiger partial charge in [-0.25, -0.2) is 4.79 Å². The van der Waals surface area contributed by atoms with Crippen LogP contribution < -0.4 is 10.6 Å². The molecule has 0 aliphatic heterocycles. The second-order valence-electron chi connectivity index (χ2n) is 6.30. The molecule has 5 heteroatoms. The molecule has 0 spiro atoms. The summed E-state index contributed by atoms with van der Waals surface area (Å²) in [6.07, 6.45) is 3.20. The Hall–Kier alpha value is -2.04. The fraction of sp³-hybridized carbons (Fsp3) is 0.500. The summed E-state index contributed by atoms with van der Waals surface area (Å²) in [6, 6.07) is 6.87. The van der Waals surface area contributed by atoms with Gasteiger partial charge in [0.1, 0.15) is 0 Å². The molecule has 1 unspecified atom stereocenters. The van der Waals surface area contributed by atoms with E-state index >= 15 is 0 Å². The smallest absolute Gasteiger partial charge is 0.319 e. The minimum absolute atomic E-state index is 0.0488. The van der Waals surface area contributed by atoms with E-state index < -0.39 is 5.97 Å². The lowest BCUT2D eigenvalue weighted by atomic mass is 9.87. The number of carbonyl (C=O) groups is 2. The molecule has 5 nitrogen and oxygen atoms in total. The number of hydrogen-bond acceptors (Lipinski definition) is 2. The predicted molar refractivity (Wildman–Crippen MR) is 81.4 cm³/mol.